The number of piperazine rings is 1. The summed E-state index contributed by atoms with van der Waals surface area (Å²) in [7, 11) is 2.10. The van der Waals surface area contributed by atoms with Gasteiger partial charge in [0.05, 0.1) is 24.6 Å². The Bertz CT molecular complexity index is 1290. The molecule has 2 saturated heterocycles. The van der Waals surface area contributed by atoms with Gasteiger partial charge in [0, 0.05) is 72.4 Å². The Kier molecular flexibility index (Phi) is 7.78. The summed E-state index contributed by atoms with van der Waals surface area (Å²) in [5, 5.41) is 3.48. The normalized spacial score (nSPS) is 20.4. The molecular weight excluding hydrogens is 507 g/mol. The van der Waals surface area contributed by atoms with Gasteiger partial charge in [0.2, 0.25) is 5.95 Å². The molecule has 10 heteroatoms. The van der Waals surface area contributed by atoms with Crippen LogP contribution in [0.25, 0.3) is 11.1 Å². The van der Waals surface area contributed by atoms with E-state index in [4.69, 9.17) is 16.3 Å². The fraction of sp³-hybridized carbons (Fsp3) is 0.393. The quantitative estimate of drug-likeness (QED) is 0.510. The zero-order chi connectivity index (χ0) is 26.8. The number of carbonyl (C=O) groups excluding carboxylic acids is 1. The summed E-state index contributed by atoms with van der Waals surface area (Å²) < 4.78 is 21.1. The summed E-state index contributed by atoms with van der Waals surface area (Å²) in [6.45, 7) is 8.37. The lowest BCUT2D eigenvalue weighted by atomic mass is 10.0. The van der Waals surface area contributed by atoms with Gasteiger partial charge < -0.3 is 19.9 Å². The van der Waals surface area contributed by atoms with Crippen molar-refractivity contribution in [1.82, 2.24) is 14.9 Å². The zero-order valence-corrected chi connectivity index (χ0v) is 22.6. The molecular formula is C28H32ClFN6O2. The standard InChI is InChI=1S/C28H32ClFN6O2/c1-18-16-36(17-19(2)34(18)3)26-13-24(30)23(12-25(26)33-27(37)20-5-4-6-22(29)11-20)21-14-31-28(32-15-21)35-7-9-38-10-8-35/h4-6,11-15,18-19H,7-10,16-17H2,1-3H3,(H,33,37). The topological polar surface area (TPSA) is 73.8 Å². The summed E-state index contributed by atoms with van der Waals surface area (Å²) in [6, 6.07) is 10.5. The third-order valence-electron chi connectivity index (χ3n) is 7.36. The Hall–Kier alpha value is -3.27. The maximum atomic E-state index is 15.7. The number of ether oxygens (including phenoxy) is 1. The van der Waals surface area contributed by atoms with Crippen LogP contribution in [0, 0.1) is 5.82 Å². The number of rotatable bonds is 5. The van der Waals surface area contributed by atoms with E-state index in [0.29, 0.717) is 78.4 Å². The van der Waals surface area contributed by atoms with Crippen LogP contribution in [0.1, 0.15) is 24.2 Å². The molecule has 1 aromatic heterocycles. The summed E-state index contributed by atoms with van der Waals surface area (Å²) in [4.78, 5) is 28.6. The molecule has 5 rings (SSSR count). The molecule has 0 spiro atoms. The Morgan fingerprint density at radius 1 is 1.05 bits per heavy atom. The molecule has 2 unspecified atom stereocenters. The number of hydrogen-bond donors (Lipinski definition) is 1. The van der Waals surface area contributed by atoms with Crippen molar-refractivity contribution in [2.24, 2.45) is 0 Å². The van der Waals surface area contributed by atoms with E-state index in [1.807, 2.05) is 4.90 Å². The van der Waals surface area contributed by atoms with Crippen molar-refractivity contribution in [3.63, 3.8) is 0 Å². The van der Waals surface area contributed by atoms with Crippen LogP contribution < -0.4 is 15.1 Å². The second-order valence-electron chi connectivity index (χ2n) is 9.95. The predicted octanol–water partition coefficient (Wildman–Crippen LogP) is 4.55. The van der Waals surface area contributed by atoms with Crippen molar-refractivity contribution in [2.75, 3.05) is 61.6 Å². The molecule has 1 N–H and O–H groups in total. The van der Waals surface area contributed by atoms with Crippen molar-refractivity contribution in [3.05, 3.63) is 65.2 Å². The molecule has 0 bridgehead atoms. The molecule has 200 valence electrons. The molecule has 3 heterocycles. The Balaban J connectivity index is 1.50. The van der Waals surface area contributed by atoms with Gasteiger partial charge in [-0.15, -0.1) is 0 Å². The lowest BCUT2D eigenvalue weighted by Crippen LogP contribution is -2.55. The van der Waals surface area contributed by atoms with E-state index in [-0.39, 0.29) is 18.0 Å². The fourth-order valence-electron chi connectivity index (χ4n) is 4.96. The van der Waals surface area contributed by atoms with Gasteiger partial charge in [-0.2, -0.15) is 0 Å². The van der Waals surface area contributed by atoms with E-state index >= 15 is 4.39 Å². The molecule has 1 amide bonds. The zero-order valence-electron chi connectivity index (χ0n) is 21.8. The Labute approximate surface area is 227 Å². The molecule has 2 aliphatic rings. The van der Waals surface area contributed by atoms with Crippen molar-refractivity contribution in [3.8, 4) is 11.1 Å². The first-order chi connectivity index (χ1) is 18.3. The van der Waals surface area contributed by atoms with Gasteiger partial charge in [-0.25, -0.2) is 14.4 Å². The number of nitrogens with zero attached hydrogens (tertiary/aromatic N) is 5. The highest BCUT2D eigenvalue weighted by molar-refractivity contribution is 6.31. The number of nitrogens with one attached hydrogen (secondary N) is 1. The second kappa shape index (κ2) is 11.2. The van der Waals surface area contributed by atoms with Gasteiger partial charge in [-0.05, 0) is 51.2 Å². The first kappa shape index (κ1) is 26.3. The highest BCUT2D eigenvalue weighted by Crippen LogP contribution is 2.36. The highest BCUT2D eigenvalue weighted by Gasteiger charge is 2.29. The lowest BCUT2D eigenvalue weighted by molar-refractivity contribution is 0.102. The average molecular weight is 539 g/mol. The molecule has 0 radical (unpaired) electrons. The molecule has 2 atom stereocenters. The van der Waals surface area contributed by atoms with Crippen LogP contribution in [0.2, 0.25) is 5.02 Å². The van der Waals surface area contributed by atoms with Gasteiger partial charge in [0.15, 0.2) is 0 Å². The third-order valence-corrected chi connectivity index (χ3v) is 7.60. The first-order valence-corrected chi connectivity index (χ1v) is 13.2. The van der Waals surface area contributed by atoms with Crippen LogP contribution in [0.3, 0.4) is 0 Å². The molecule has 2 fully saturated rings. The number of hydrogen-bond acceptors (Lipinski definition) is 7. The first-order valence-electron chi connectivity index (χ1n) is 12.8. The predicted molar refractivity (Wildman–Crippen MR) is 149 cm³/mol. The SMILES string of the molecule is CC1CN(c2cc(F)c(-c3cnc(N4CCOCC4)nc3)cc2NC(=O)c2cccc(Cl)c2)CC(C)N1C. The van der Waals surface area contributed by atoms with Gasteiger partial charge in [0.25, 0.3) is 5.91 Å². The number of aromatic nitrogens is 2. The monoisotopic (exact) mass is 538 g/mol. The maximum Gasteiger partial charge on any atom is 0.255 e. The lowest BCUT2D eigenvalue weighted by Gasteiger charge is -2.44. The van der Waals surface area contributed by atoms with Crippen LogP contribution in [-0.2, 0) is 4.74 Å². The second-order valence-corrected chi connectivity index (χ2v) is 10.4. The van der Waals surface area contributed by atoms with E-state index in [1.165, 1.54) is 6.07 Å². The molecule has 2 aliphatic heterocycles. The van der Waals surface area contributed by atoms with Gasteiger partial charge >= 0.3 is 0 Å². The molecule has 0 aliphatic carbocycles. The molecule has 38 heavy (non-hydrogen) atoms. The van der Waals surface area contributed by atoms with Crippen LogP contribution in [0.5, 0.6) is 0 Å². The molecule has 8 nitrogen and oxygen atoms in total. The van der Waals surface area contributed by atoms with Crippen LogP contribution >= 0.6 is 11.6 Å². The number of halogens is 2. The number of likely N-dealkylation sites (N-methyl/N-ethyl adjacent to an activating group) is 1. The Morgan fingerprint density at radius 2 is 1.74 bits per heavy atom. The largest absolute Gasteiger partial charge is 0.378 e. The highest BCUT2D eigenvalue weighted by atomic mass is 35.5. The van der Waals surface area contributed by atoms with Gasteiger partial charge in [0.1, 0.15) is 5.82 Å². The fourth-order valence-corrected chi connectivity index (χ4v) is 5.15. The minimum atomic E-state index is -0.400. The van der Waals surface area contributed by atoms with E-state index < -0.39 is 5.82 Å². The van der Waals surface area contributed by atoms with Crippen LogP contribution in [0.4, 0.5) is 21.7 Å². The van der Waals surface area contributed by atoms with Crippen molar-refractivity contribution in [2.45, 2.75) is 25.9 Å². The van der Waals surface area contributed by atoms with E-state index in [1.54, 1.807) is 42.7 Å². The summed E-state index contributed by atoms with van der Waals surface area (Å²) in [6.07, 6.45) is 3.25. The minimum absolute atomic E-state index is 0.263. The third kappa shape index (κ3) is 5.60. The molecule has 2 aromatic carbocycles. The summed E-state index contributed by atoms with van der Waals surface area (Å²) in [5.41, 5.74) is 2.43. The smallest absolute Gasteiger partial charge is 0.255 e. The number of carbonyl (C=O) groups is 1. The van der Waals surface area contributed by atoms with Crippen LogP contribution in [0.15, 0.2) is 48.8 Å². The number of anilines is 3. The summed E-state index contributed by atoms with van der Waals surface area (Å²) >= 11 is 6.12. The maximum absolute atomic E-state index is 15.7. The molecule has 0 saturated carbocycles. The minimum Gasteiger partial charge on any atom is -0.378 e. The number of amides is 1. The van der Waals surface area contributed by atoms with Crippen molar-refractivity contribution < 1.29 is 13.9 Å². The van der Waals surface area contributed by atoms with Gasteiger partial charge in [-0.3, -0.25) is 9.69 Å². The van der Waals surface area contributed by atoms with E-state index in [0.717, 1.165) is 0 Å². The van der Waals surface area contributed by atoms with Crippen LogP contribution in [-0.4, -0.2) is 79.3 Å². The summed E-state index contributed by atoms with van der Waals surface area (Å²) in [5.74, 6) is -0.132. The van der Waals surface area contributed by atoms with E-state index in [2.05, 4.69) is 46.0 Å². The average Bonchev–Trinajstić information content (AvgIpc) is 2.93. The van der Waals surface area contributed by atoms with Crippen molar-refractivity contribution >= 4 is 34.8 Å². The molecule has 3 aromatic rings. The number of benzene rings is 2. The van der Waals surface area contributed by atoms with Gasteiger partial charge in [-0.1, -0.05) is 17.7 Å². The Morgan fingerprint density at radius 3 is 2.39 bits per heavy atom. The number of morpholine rings is 1. The van der Waals surface area contributed by atoms with Crippen molar-refractivity contribution in [1.29, 1.82) is 0 Å². The van der Waals surface area contributed by atoms with E-state index in [9.17, 15) is 4.79 Å².